The van der Waals surface area contributed by atoms with Gasteiger partial charge in [0.15, 0.2) is 11.7 Å². The summed E-state index contributed by atoms with van der Waals surface area (Å²) in [7, 11) is 0. The lowest BCUT2D eigenvalue weighted by Crippen LogP contribution is -2.46. The van der Waals surface area contributed by atoms with Gasteiger partial charge < -0.3 is 19.2 Å². The van der Waals surface area contributed by atoms with Crippen molar-refractivity contribution >= 4 is 23.5 Å². The van der Waals surface area contributed by atoms with Crippen molar-refractivity contribution < 1.29 is 23.8 Å². The van der Waals surface area contributed by atoms with E-state index in [-0.39, 0.29) is 18.7 Å². The van der Waals surface area contributed by atoms with Crippen LogP contribution in [0.4, 0.5) is 0 Å². The minimum absolute atomic E-state index is 0.0602. The second-order valence-corrected chi connectivity index (χ2v) is 6.49. The molecule has 1 aliphatic heterocycles. The highest BCUT2D eigenvalue weighted by atomic mass is 35.5. The number of aromatic nitrogens is 1. The smallest absolute Gasteiger partial charge is 0.306 e. The number of halogens is 1. The molecule has 0 spiro atoms. The van der Waals surface area contributed by atoms with Gasteiger partial charge in [-0.05, 0) is 24.3 Å². The van der Waals surface area contributed by atoms with Crippen LogP contribution in [-0.2, 0) is 20.7 Å². The standard InChI is InChI=1S/C18H19ClN2O5/c19-13-3-1-12(2-4-13)15-10-20-16(26-15)5-6-17(22)21-7-8-25-14(11-21)9-18(23)24/h1-4,10,14H,5-9,11H2,(H,23,24). The quantitative estimate of drug-likeness (QED) is 0.830. The molecule has 0 radical (unpaired) electrons. The number of nitrogens with zero attached hydrogens (tertiary/aromatic N) is 2. The van der Waals surface area contributed by atoms with Gasteiger partial charge in [0.05, 0.1) is 25.3 Å². The molecule has 26 heavy (non-hydrogen) atoms. The molecule has 1 unspecified atom stereocenters. The van der Waals surface area contributed by atoms with E-state index in [2.05, 4.69) is 4.98 Å². The molecular weight excluding hydrogens is 360 g/mol. The first-order valence-electron chi connectivity index (χ1n) is 8.33. The maximum absolute atomic E-state index is 12.4. The van der Waals surface area contributed by atoms with Gasteiger partial charge in [-0.2, -0.15) is 0 Å². The third-order valence-corrected chi connectivity index (χ3v) is 4.38. The van der Waals surface area contributed by atoms with E-state index in [9.17, 15) is 9.59 Å². The van der Waals surface area contributed by atoms with Crippen molar-refractivity contribution in [2.45, 2.75) is 25.4 Å². The summed E-state index contributed by atoms with van der Waals surface area (Å²) < 4.78 is 11.1. The van der Waals surface area contributed by atoms with Gasteiger partial charge in [-0.1, -0.05) is 11.6 Å². The van der Waals surface area contributed by atoms with E-state index < -0.39 is 12.1 Å². The Labute approximate surface area is 155 Å². The number of carboxylic acid groups (broad SMARTS) is 1. The second kappa shape index (κ2) is 8.33. The fourth-order valence-electron chi connectivity index (χ4n) is 2.81. The molecule has 1 aromatic heterocycles. The van der Waals surface area contributed by atoms with E-state index in [4.69, 9.17) is 25.9 Å². The van der Waals surface area contributed by atoms with Crippen LogP contribution < -0.4 is 0 Å². The lowest BCUT2D eigenvalue weighted by molar-refractivity contribution is -0.147. The fraction of sp³-hybridized carbons (Fsp3) is 0.389. The van der Waals surface area contributed by atoms with E-state index in [0.29, 0.717) is 42.8 Å². The Morgan fingerprint density at radius 3 is 2.81 bits per heavy atom. The first-order valence-corrected chi connectivity index (χ1v) is 8.71. The molecule has 1 N–H and O–H groups in total. The molecule has 0 saturated carbocycles. The number of morpholine rings is 1. The zero-order valence-electron chi connectivity index (χ0n) is 14.1. The monoisotopic (exact) mass is 378 g/mol. The van der Waals surface area contributed by atoms with E-state index >= 15 is 0 Å². The summed E-state index contributed by atoms with van der Waals surface area (Å²) >= 11 is 5.87. The van der Waals surface area contributed by atoms with Gasteiger partial charge in [0.2, 0.25) is 5.91 Å². The third kappa shape index (κ3) is 4.83. The first-order chi connectivity index (χ1) is 12.5. The normalized spacial score (nSPS) is 17.3. The Morgan fingerprint density at radius 2 is 2.08 bits per heavy atom. The van der Waals surface area contributed by atoms with Crippen molar-refractivity contribution in [1.29, 1.82) is 0 Å². The summed E-state index contributed by atoms with van der Waals surface area (Å²) in [6.45, 7) is 1.12. The third-order valence-electron chi connectivity index (χ3n) is 4.13. The number of oxazole rings is 1. The van der Waals surface area contributed by atoms with E-state index in [1.807, 2.05) is 12.1 Å². The van der Waals surface area contributed by atoms with Gasteiger partial charge in [0, 0.05) is 36.5 Å². The fourth-order valence-corrected chi connectivity index (χ4v) is 2.94. The summed E-state index contributed by atoms with van der Waals surface area (Å²) in [4.78, 5) is 29.0. The number of aryl methyl sites for hydroxylation is 1. The average Bonchev–Trinajstić information content (AvgIpc) is 3.09. The summed E-state index contributed by atoms with van der Waals surface area (Å²) in [5.41, 5.74) is 0.865. The van der Waals surface area contributed by atoms with Crippen molar-refractivity contribution in [3.05, 3.63) is 41.4 Å². The topological polar surface area (TPSA) is 92.9 Å². The summed E-state index contributed by atoms with van der Waals surface area (Å²) in [5.74, 6) is 0.115. The average molecular weight is 379 g/mol. The Morgan fingerprint density at radius 1 is 1.31 bits per heavy atom. The van der Waals surface area contributed by atoms with E-state index in [1.54, 1.807) is 23.2 Å². The van der Waals surface area contributed by atoms with Gasteiger partial charge in [0.25, 0.3) is 0 Å². The van der Waals surface area contributed by atoms with Gasteiger partial charge >= 0.3 is 5.97 Å². The van der Waals surface area contributed by atoms with Crippen LogP contribution in [0.2, 0.25) is 5.02 Å². The predicted molar refractivity (Wildman–Crippen MR) is 93.8 cm³/mol. The molecule has 1 aromatic carbocycles. The van der Waals surface area contributed by atoms with Crippen LogP contribution in [0.3, 0.4) is 0 Å². The molecule has 1 aliphatic rings. The second-order valence-electron chi connectivity index (χ2n) is 6.06. The number of ether oxygens (including phenoxy) is 1. The molecule has 0 aliphatic carbocycles. The Bertz CT molecular complexity index is 774. The van der Waals surface area contributed by atoms with Crippen LogP contribution in [0.15, 0.2) is 34.9 Å². The van der Waals surface area contributed by atoms with Crippen LogP contribution in [-0.4, -0.2) is 52.7 Å². The number of rotatable bonds is 6. The number of aliphatic carboxylic acids is 1. The van der Waals surface area contributed by atoms with Gasteiger partial charge in [0.1, 0.15) is 0 Å². The van der Waals surface area contributed by atoms with Crippen LogP contribution in [0.25, 0.3) is 11.3 Å². The maximum Gasteiger partial charge on any atom is 0.306 e. The van der Waals surface area contributed by atoms with Crippen LogP contribution in [0.1, 0.15) is 18.7 Å². The summed E-state index contributed by atoms with van der Waals surface area (Å²) in [6.07, 6.45) is 1.70. The molecule has 7 nitrogen and oxygen atoms in total. The van der Waals surface area contributed by atoms with Crippen LogP contribution in [0.5, 0.6) is 0 Å². The van der Waals surface area contributed by atoms with Crippen molar-refractivity contribution in [2.24, 2.45) is 0 Å². The summed E-state index contributed by atoms with van der Waals surface area (Å²) in [5, 5.41) is 9.49. The van der Waals surface area contributed by atoms with Gasteiger partial charge in [-0.15, -0.1) is 0 Å². The molecule has 1 amide bonds. The number of amides is 1. The zero-order valence-corrected chi connectivity index (χ0v) is 14.8. The molecular formula is C18H19ClN2O5. The minimum atomic E-state index is -0.932. The van der Waals surface area contributed by atoms with Gasteiger partial charge in [-0.3, -0.25) is 9.59 Å². The van der Waals surface area contributed by atoms with E-state index in [0.717, 1.165) is 5.56 Å². The van der Waals surface area contributed by atoms with Gasteiger partial charge in [-0.25, -0.2) is 4.98 Å². The lowest BCUT2D eigenvalue weighted by Gasteiger charge is -2.32. The molecule has 2 aromatic rings. The number of carbonyl (C=O) groups is 2. The van der Waals surface area contributed by atoms with Crippen molar-refractivity contribution in [1.82, 2.24) is 9.88 Å². The first kappa shape index (κ1) is 18.4. The molecule has 3 rings (SSSR count). The van der Waals surface area contributed by atoms with Crippen LogP contribution in [0, 0.1) is 0 Å². The highest BCUT2D eigenvalue weighted by Crippen LogP contribution is 2.23. The van der Waals surface area contributed by atoms with Crippen molar-refractivity contribution in [2.75, 3.05) is 19.7 Å². The van der Waals surface area contributed by atoms with Crippen LogP contribution >= 0.6 is 11.6 Å². The maximum atomic E-state index is 12.4. The highest BCUT2D eigenvalue weighted by Gasteiger charge is 2.25. The van der Waals surface area contributed by atoms with Crippen molar-refractivity contribution in [3.63, 3.8) is 0 Å². The SMILES string of the molecule is O=C(O)CC1CN(C(=O)CCc2ncc(-c3ccc(Cl)cc3)o2)CCO1. The summed E-state index contributed by atoms with van der Waals surface area (Å²) in [6, 6.07) is 7.23. The molecule has 2 heterocycles. The Hall–Kier alpha value is -2.38. The molecule has 1 atom stereocenters. The number of hydrogen-bond acceptors (Lipinski definition) is 5. The Balaban J connectivity index is 1.53. The largest absolute Gasteiger partial charge is 0.481 e. The van der Waals surface area contributed by atoms with E-state index in [1.165, 1.54) is 0 Å². The molecule has 138 valence electrons. The molecule has 0 bridgehead atoms. The Kier molecular flexibility index (Phi) is 5.90. The number of carboxylic acids is 1. The lowest BCUT2D eigenvalue weighted by atomic mass is 10.2. The molecule has 1 saturated heterocycles. The zero-order chi connectivity index (χ0) is 18.5. The number of carbonyl (C=O) groups excluding carboxylic acids is 1. The number of benzene rings is 1. The number of hydrogen-bond donors (Lipinski definition) is 1. The van der Waals surface area contributed by atoms with Crippen molar-refractivity contribution in [3.8, 4) is 11.3 Å². The minimum Gasteiger partial charge on any atom is -0.481 e. The molecule has 1 fully saturated rings. The highest BCUT2D eigenvalue weighted by molar-refractivity contribution is 6.30. The predicted octanol–water partition coefficient (Wildman–Crippen LogP) is 2.63. The molecule has 8 heteroatoms.